The Balaban J connectivity index is 0.651. The number of nitrogens with one attached hydrogen (secondary N) is 1. The minimum Gasteiger partial charge on any atom is -0.507 e. The second kappa shape index (κ2) is 21.6. The van der Waals surface area contributed by atoms with Crippen LogP contribution in [0.5, 0.6) is 11.6 Å². The van der Waals surface area contributed by atoms with E-state index in [1.54, 1.807) is 29.5 Å². The molecule has 0 radical (unpaired) electrons. The highest BCUT2D eigenvalue weighted by Crippen LogP contribution is 2.39. The van der Waals surface area contributed by atoms with Crippen LogP contribution in [0.4, 0.5) is 17.5 Å². The van der Waals surface area contributed by atoms with Crippen LogP contribution in [0.1, 0.15) is 93.2 Å². The molecule has 2 unspecified atom stereocenters. The average molecular weight is 997 g/mol. The van der Waals surface area contributed by atoms with Crippen LogP contribution in [0.25, 0.3) is 21.7 Å². The van der Waals surface area contributed by atoms with Crippen LogP contribution in [-0.2, 0) is 16.1 Å². The van der Waals surface area contributed by atoms with Gasteiger partial charge in [0.05, 0.1) is 40.2 Å². The number of unbranched alkanes of at least 4 members (excludes halogenated alkanes) is 1. The molecule has 4 saturated heterocycles. The van der Waals surface area contributed by atoms with Crippen LogP contribution in [0.15, 0.2) is 83.1 Å². The molecule has 4 aromatic heterocycles. The lowest BCUT2D eigenvalue weighted by Crippen LogP contribution is -2.54. The summed E-state index contributed by atoms with van der Waals surface area (Å²) in [5, 5.41) is 36.7. The van der Waals surface area contributed by atoms with Crippen LogP contribution in [0.2, 0.25) is 0 Å². The third-order valence-electron chi connectivity index (χ3n) is 14.9. The average Bonchev–Trinajstić information content (AvgIpc) is 4.19. The van der Waals surface area contributed by atoms with Crippen molar-refractivity contribution < 1.29 is 29.1 Å². The lowest BCUT2D eigenvalue weighted by Gasteiger charge is -2.42. The first-order chi connectivity index (χ1) is 35.0. The van der Waals surface area contributed by atoms with Crippen LogP contribution >= 0.6 is 11.3 Å². The van der Waals surface area contributed by atoms with Gasteiger partial charge in [-0.25, -0.2) is 15.0 Å². The van der Waals surface area contributed by atoms with Gasteiger partial charge in [0.25, 0.3) is 5.88 Å². The minimum atomic E-state index is -0.810. The smallest absolute Gasteiger partial charge is 0.254 e. The number of aromatic hydroxyl groups is 1. The summed E-state index contributed by atoms with van der Waals surface area (Å²) in [6.45, 7) is 11.2. The van der Waals surface area contributed by atoms with Crippen molar-refractivity contribution in [3.63, 3.8) is 0 Å². The normalized spacial score (nSPS) is 20.9. The van der Waals surface area contributed by atoms with E-state index in [1.165, 1.54) is 10.5 Å². The van der Waals surface area contributed by atoms with Gasteiger partial charge >= 0.3 is 0 Å². The molecule has 2 bridgehead atoms. The number of para-hydroxylation sites is 1. The number of aliphatic hydroxyl groups is 1. The Hall–Kier alpha value is -6.70. The summed E-state index contributed by atoms with van der Waals surface area (Å²) < 4.78 is 11.7. The molecule has 72 heavy (non-hydrogen) atoms. The van der Waals surface area contributed by atoms with Gasteiger partial charge in [-0.15, -0.1) is 21.5 Å². The van der Waals surface area contributed by atoms with E-state index < -0.39 is 18.1 Å². The largest absolute Gasteiger partial charge is 0.507 e. The molecule has 19 heteroatoms. The third kappa shape index (κ3) is 10.6. The number of amides is 2. The number of anilines is 3. The lowest BCUT2D eigenvalue weighted by molar-refractivity contribution is -0.141. The van der Waals surface area contributed by atoms with Gasteiger partial charge in [-0.05, 0) is 117 Å². The molecule has 0 aliphatic carbocycles. The number of nitrogens with zero attached hydrogens (tertiary/aromatic N) is 10. The summed E-state index contributed by atoms with van der Waals surface area (Å²) in [5.41, 5.74) is 14.4. The summed E-state index contributed by atoms with van der Waals surface area (Å²) in [7, 11) is 0. The fourth-order valence-electron chi connectivity index (χ4n) is 11.0. The van der Waals surface area contributed by atoms with E-state index in [0.29, 0.717) is 47.8 Å². The Morgan fingerprint density at radius 1 is 0.944 bits per heavy atom. The number of nitrogen functional groups attached to an aromatic ring is 1. The van der Waals surface area contributed by atoms with Crippen LogP contribution in [0, 0.1) is 12.8 Å². The number of hydrogen-bond acceptors (Lipinski definition) is 17. The number of ether oxygens (including phenoxy) is 1. The number of aliphatic hydroxyl groups excluding tert-OH is 1. The second-order valence-corrected chi connectivity index (χ2v) is 20.9. The predicted octanol–water partition coefficient (Wildman–Crippen LogP) is 6.56. The van der Waals surface area contributed by atoms with E-state index in [2.05, 4.69) is 40.4 Å². The van der Waals surface area contributed by atoms with Crippen molar-refractivity contribution in [2.24, 2.45) is 5.92 Å². The molecule has 4 aliphatic rings. The van der Waals surface area contributed by atoms with Crippen molar-refractivity contribution >= 4 is 40.6 Å². The number of carbonyl (C=O) groups excluding carboxylic acids is 2. The van der Waals surface area contributed by atoms with Gasteiger partial charge in [-0.3, -0.25) is 9.59 Å². The van der Waals surface area contributed by atoms with Crippen molar-refractivity contribution in [1.82, 2.24) is 45.4 Å². The number of phenolic OH excluding ortho intramolecular Hbond substituents is 1. The number of β-amino-alcohol motifs (C(OH)–C–C–N with tert-alkyl or cyclic N) is 1. The Bertz CT molecular complexity index is 2800. The maximum Gasteiger partial charge on any atom is 0.254 e. The first kappa shape index (κ1) is 48.9. The molecule has 5 N–H and O–H groups in total. The summed E-state index contributed by atoms with van der Waals surface area (Å²) in [6, 6.07) is 18.4. The number of rotatable bonds is 17. The van der Waals surface area contributed by atoms with Gasteiger partial charge in [-0.1, -0.05) is 50.2 Å². The molecule has 0 saturated carbocycles. The summed E-state index contributed by atoms with van der Waals surface area (Å²) in [5.74, 6) is 0.992. The number of hydrogen-bond donors (Lipinski definition) is 4. The standard InChI is InChI=1S/C53H64N12O6S/c1-32(2)48(52(69)64-30-40(66)22-44(64)51(68)55-25-34-10-12-36(13-11-34)49-33(3)58-31-72-49)46-24-47(61-71-46)70-21-7-6-18-62-19-16-35(17-20-62)37-26-56-53(57-27-37)65-38-14-15-39(65)29-63(28-38)43-23-42(59-60-50(43)54)41-8-4-5-9-45(41)67/h4-5,8-13,23-24,26-27,31-32,35,38-40,44,48,66-67H,6-7,14-22,25,28-30H2,1-3H3,(H2,54,60)(H,55,68)/t38?,39?,40-,44+,48+/m1/s1. The predicted molar refractivity (Wildman–Crippen MR) is 275 cm³/mol. The monoisotopic (exact) mass is 996 g/mol. The molecule has 4 fully saturated rings. The maximum atomic E-state index is 14.1. The summed E-state index contributed by atoms with van der Waals surface area (Å²) >= 11 is 1.59. The first-order valence-corrected chi connectivity index (χ1v) is 26.2. The molecule has 10 rings (SSSR count). The molecule has 8 heterocycles. The maximum absolute atomic E-state index is 14.1. The highest BCUT2D eigenvalue weighted by Gasteiger charge is 2.44. The van der Waals surface area contributed by atoms with Gasteiger partial charge < -0.3 is 50.1 Å². The molecule has 18 nitrogen and oxygen atoms in total. The zero-order valence-electron chi connectivity index (χ0n) is 41.1. The Labute approximate surface area is 423 Å². The molecular formula is C53H64N12O6S. The van der Waals surface area contributed by atoms with E-state index in [-0.39, 0.29) is 48.5 Å². The highest BCUT2D eigenvalue weighted by atomic mass is 32.1. The number of thiazole rings is 1. The van der Waals surface area contributed by atoms with E-state index in [1.807, 2.05) is 81.1 Å². The van der Waals surface area contributed by atoms with Gasteiger partial charge in [0, 0.05) is 68.7 Å². The van der Waals surface area contributed by atoms with Crippen molar-refractivity contribution in [2.75, 3.05) is 61.4 Å². The van der Waals surface area contributed by atoms with Crippen molar-refractivity contribution in [1.29, 1.82) is 0 Å². The Kier molecular flexibility index (Phi) is 14.6. The Morgan fingerprint density at radius 2 is 1.69 bits per heavy atom. The fourth-order valence-corrected chi connectivity index (χ4v) is 11.9. The molecular weight excluding hydrogens is 933 g/mol. The quantitative estimate of drug-likeness (QED) is 0.0711. The number of phenols is 1. The number of benzene rings is 2. The van der Waals surface area contributed by atoms with Gasteiger partial charge in [-0.2, -0.15) is 0 Å². The van der Waals surface area contributed by atoms with Gasteiger partial charge in [0.1, 0.15) is 17.7 Å². The van der Waals surface area contributed by atoms with Crippen molar-refractivity contribution in [3.05, 3.63) is 101 Å². The second-order valence-electron chi connectivity index (χ2n) is 20.1. The van der Waals surface area contributed by atoms with Gasteiger partial charge in [0.2, 0.25) is 17.8 Å². The SMILES string of the molecule is Cc1ncsc1-c1ccc(CNC(=O)[C@@H]2C[C@@H](O)CN2C(=O)[C@H](c2cc(OCCCCN3CCC(c4cnc(N5C6CCC5CN(c5cc(-c7ccccc7O)nnc5N)C6)nc4)CC3)no2)C(C)C)cc1. The van der Waals surface area contributed by atoms with Crippen LogP contribution in [-0.4, -0.2) is 132 Å². The Morgan fingerprint density at radius 3 is 2.40 bits per heavy atom. The highest BCUT2D eigenvalue weighted by molar-refractivity contribution is 7.13. The molecule has 5 atom stereocenters. The fraction of sp³-hybridized carbons (Fsp3) is 0.472. The number of aryl methyl sites for hydroxylation is 1. The number of aromatic nitrogens is 6. The number of piperidine rings is 1. The van der Waals surface area contributed by atoms with Crippen molar-refractivity contribution in [3.8, 4) is 33.3 Å². The molecule has 2 aromatic carbocycles. The zero-order chi connectivity index (χ0) is 49.9. The first-order valence-electron chi connectivity index (χ1n) is 25.3. The molecule has 2 amide bonds. The molecule has 4 aliphatic heterocycles. The number of fused-ring (bicyclic) bond motifs is 2. The van der Waals surface area contributed by atoms with Gasteiger partial charge in [0.15, 0.2) is 11.6 Å². The molecule has 0 spiro atoms. The van der Waals surface area contributed by atoms with Crippen molar-refractivity contribution in [2.45, 2.75) is 108 Å². The zero-order valence-corrected chi connectivity index (χ0v) is 42.0. The van der Waals surface area contributed by atoms with Crippen LogP contribution in [0.3, 0.4) is 0 Å². The van der Waals surface area contributed by atoms with E-state index in [0.717, 1.165) is 105 Å². The van der Waals surface area contributed by atoms with E-state index >= 15 is 0 Å². The molecule has 6 aromatic rings. The topological polar surface area (TPSA) is 225 Å². The molecule has 378 valence electrons. The van der Waals surface area contributed by atoms with E-state index in [9.17, 15) is 19.8 Å². The number of piperazine rings is 1. The third-order valence-corrected chi connectivity index (χ3v) is 15.9. The van der Waals surface area contributed by atoms with Crippen LogP contribution < -0.4 is 25.6 Å². The number of likely N-dealkylation sites (tertiary alicyclic amines) is 2. The number of nitrogens with two attached hydrogens (primary N) is 1. The summed E-state index contributed by atoms with van der Waals surface area (Å²) in [4.78, 5) is 51.6. The van der Waals surface area contributed by atoms with E-state index in [4.69, 9.17) is 25.0 Å². The number of carbonyl (C=O) groups is 2. The summed E-state index contributed by atoms with van der Waals surface area (Å²) in [6.07, 6.45) is 9.42. The lowest BCUT2D eigenvalue weighted by atomic mass is 9.91. The minimum absolute atomic E-state index is 0.0652.